The van der Waals surface area contributed by atoms with Gasteiger partial charge in [-0.25, -0.2) is 18.1 Å². The zero-order valence-corrected chi connectivity index (χ0v) is 8.00. The molecule has 1 aliphatic rings. The fraction of sp³-hybridized carbons (Fsp3) is 0.667. The van der Waals surface area contributed by atoms with Gasteiger partial charge in [-0.05, 0) is 0 Å². The first kappa shape index (κ1) is 8.64. The van der Waals surface area contributed by atoms with Crippen molar-refractivity contribution in [2.75, 3.05) is 12.8 Å². The van der Waals surface area contributed by atoms with E-state index >= 15 is 0 Å². The summed E-state index contributed by atoms with van der Waals surface area (Å²) in [6.07, 6.45) is 1.11. The summed E-state index contributed by atoms with van der Waals surface area (Å²) < 4.78 is 23.8. The van der Waals surface area contributed by atoms with Crippen LogP contribution in [0.5, 0.6) is 0 Å². The number of hydrogen-bond acceptors (Lipinski definition) is 5. The number of hydrogen-bond donors (Lipinski definition) is 1. The van der Waals surface area contributed by atoms with Crippen LogP contribution < -0.4 is 5.32 Å². The molecule has 0 atom stereocenters. The average Bonchev–Trinajstić information content (AvgIpc) is 2.45. The molecule has 1 aromatic heterocycles. The molecule has 0 fully saturated rings. The van der Waals surface area contributed by atoms with Crippen molar-refractivity contribution in [3.05, 3.63) is 5.82 Å². The van der Waals surface area contributed by atoms with Crippen LogP contribution in [0.3, 0.4) is 0 Å². The molecule has 0 saturated heterocycles. The Morgan fingerprint density at radius 3 is 2.92 bits per heavy atom. The van der Waals surface area contributed by atoms with Gasteiger partial charge in [0.1, 0.15) is 5.82 Å². The van der Waals surface area contributed by atoms with Crippen LogP contribution in [0.2, 0.25) is 0 Å². The molecule has 13 heavy (non-hydrogen) atoms. The van der Waals surface area contributed by atoms with E-state index in [4.69, 9.17) is 0 Å². The average molecular weight is 202 g/mol. The van der Waals surface area contributed by atoms with Gasteiger partial charge in [-0.3, -0.25) is 0 Å². The standard InChI is InChI=1S/C6H10N4O2S/c1-13(11,12)6-8-5-4-7-2-3-10(5)9-6/h7H,2-4H2,1H3. The summed E-state index contributed by atoms with van der Waals surface area (Å²) in [5.41, 5.74) is 0. The minimum Gasteiger partial charge on any atom is -0.308 e. The lowest BCUT2D eigenvalue weighted by Crippen LogP contribution is -2.28. The van der Waals surface area contributed by atoms with Gasteiger partial charge >= 0.3 is 0 Å². The lowest BCUT2D eigenvalue weighted by atomic mass is 10.4. The number of rotatable bonds is 1. The van der Waals surface area contributed by atoms with Crippen LogP contribution in [-0.2, 0) is 22.9 Å². The van der Waals surface area contributed by atoms with E-state index < -0.39 is 9.84 Å². The van der Waals surface area contributed by atoms with Crippen molar-refractivity contribution in [1.29, 1.82) is 0 Å². The summed E-state index contributed by atoms with van der Waals surface area (Å²) in [6.45, 7) is 2.07. The first-order chi connectivity index (χ1) is 6.07. The minimum atomic E-state index is -3.27. The monoisotopic (exact) mass is 202 g/mol. The number of sulfone groups is 1. The zero-order chi connectivity index (χ0) is 9.47. The second-order valence-corrected chi connectivity index (χ2v) is 4.89. The van der Waals surface area contributed by atoms with Crippen molar-refractivity contribution in [3.8, 4) is 0 Å². The normalized spacial score (nSPS) is 17.0. The summed E-state index contributed by atoms with van der Waals surface area (Å²) in [5.74, 6) is 0.687. The molecule has 0 radical (unpaired) electrons. The molecule has 7 heteroatoms. The molecule has 72 valence electrons. The van der Waals surface area contributed by atoms with Crippen LogP contribution in [0.25, 0.3) is 0 Å². The Balaban J connectivity index is 2.47. The highest BCUT2D eigenvalue weighted by Crippen LogP contribution is 2.06. The molecule has 0 spiro atoms. The van der Waals surface area contributed by atoms with E-state index in [9.17, 15) is 8.42 Å². The molecule has 1 aliphatic heterocycles. The van der Waals surface area contributed by atoms with Gasteiger partial charge in [0.15, 0.2) is 0 Å². The Morgan fingerprint density at radius 1 is 1.54 bits per heavy atom. The molecular formula is C6H10N4O2S. The van der Waals surface area contributed by atoms with Crippen LogP contribution in [0.1, 0.15) is 5.82 Å². The van der Waals surface area contributed by atoms with Crippen LogP contribution in [0, 0.1) is 0 Å². The van der Waals surface area contributed by atoms with Crippen LogP contribution in [-0.4, -0.2) is 36.0 Å². The first-order valence-corrected chi connectivity index (χ1v) is 5.81. The van der Waals surface area contributed by atoms with Crippen molar-refractivity contribution < 1.29 is 8.42 Å². The van der Waals surface area contributed by atoms with Crippen LogP contribution >= 0.6 is 0 Å². The molecule has 0 amide bonds. The largest absolute Gasteiger partial charge is 0.308 e. The van der Waals surface area contributed by atoms with Gasteiger partial charge in [-0.2, -0.15) is 0 Å². The summed E-state index contributed by atoms with van der Waals surface area (Å²) in [6, 6.07) is 0. The van der Waals surface area contributed by atoms with Gasteiger partial charge in [0, 0.05) is 12.8 Å². The quantitative estimate of drug-likeness (QED) is 0.618. The topological polar surface area (TPSA) is 76.9 Å². The third-order valence-electron chi connectivity index (χ3n) is 1.84. The molecule has 6 nitrogen and oxygen atoms in total. The van der Waals surface area contributed by atoms with Gasteiger partial charge in [-0.1, -0.05) is 0 Å². The molecular weight excluding hydrogens is 192 g/mol. The fourth-order valence-electron chi connectivity index (χ4n) is 1.20. The molecule has 0 aliphatic carbocycles. The molecule has 0 aromatic carbocycles. The highest BCUT2D eigenvalue weighted by Gasteiger charge is 2.19. The summed E-state index contributed by atoms with van der Waals surface area (Å²) in [7, 11) is -3.27. The lowest BCUT2D eigenvalue weighted by Gasteiger charge is -2.11. The number of nitrogens with zero attached hydrogens (tertiary/aromatic N) is 3. The molecule has 1 aromatic rings. The van der Waals surface area contributed by atoms with Crippen molar-refractivity contribution in [1.82, 2.24) is 20.1 Å². The highest BCUT2D eigenvalue weighted by atomic mass is 32.2. The maximum Gasteiger partial charge on any atom is 0.266 e. The van der Waals surface area contributed by atoms with E-state index in [0.29, 0.717) is 18.9 Å². The van der Waals surface area contributed by atoms with Gasteiger partial charge in [0.05, 0.1) is 13.1 Å². The van der Waals surface area contributed by atoms with Crippen LogP contribution in [0.15, 0.2) is 5.16 Å². The van der Waals surface area contributed by atoms with E-state index in [1.54, 1.807) is 4.68 Å². The molecule has 0 bridgehead atoms. The van der Waals surface area contributed by atoms with Gasteiger partial charge in [-0.15, -0.1) is 5.10 Å². The van der Waals surface area contributed by atoms with E-state index in [1.807, 2.05) is 0 Å². The predicted octanol–water partition coefficient (Wildman–Crippen LogP) is -1.22. The SMILES string of the molecule is CS(=O)(=O)c1nc2n(n1)CCNC2. The van der Waals surface area contributed by atoms with E-state index in [0.717, 1.165) is 12.8 Å². The second-order valence-electron chi connectivity index (χ2n) is 2.98. The third-order valence-corrected chi connectivity index (χ3v) is 2.68. The van der Waals surface area contributed by atoms with E-state index in [1.165, 1.54) is 0 Å². The summed E-state index contributed by atoms with van der Waals surface area (Å²) >= 11 is 0. The number of fused-ring (bicyclic) bond motifs is 1. The van der Waals surface area contributed by atoms with Crippen molar-refractivity contribution >= 4 is 9.84 Å². The Kier molecular flexibility index (Phi) is 1.85. The first-order valence-electron chi connectivity index (χ1n) is 3.92. The Hall–Kier alpha value is -0.950. The maximum atomic E-state index is 11.1. The number of aromatic nitrogens is 3. The van der Waals surface area contributed by atoms with Gasteiger partial charge in [0.2, 0.25) is 9.84 Å². The minimum absolute atomic E-state index is 0.0776. The van der Waals surface area contributed by atoms with Crippen molar-refractivity contribution in [2.24, 2.45) is 0 Å². The molecule has 2 heterocycles. The Morgan fingerprint density at radius 2 is 2.31 bits per heavy atom. The summed E-state index contributed by atoms with van der Waals surface area (Å²) in [5, 5.41) is 6.91. The third kappa shape index (κ3) is 1.56. The molecule has 2 rings (SSSR count). The van der Waals surface area contributed by atoms with Gasteiger partial charge in [0.25, 0.3) is 5.16 Å². The van der Waals surface area contributed by atoms with Gasteiger partial charge < -0.3 is 5.32 Å². The van der Waals surface area contributed by atoms with E-state index in [-0.39, 0.29) is 5.16 Å². The number of nitrogens with one attached hydrogen (secondary N) is 1. The molecule has 0 saturated carbocycles. The smallest absolute Gasteiger partial charge is 0.266 e. The molecule has 0 unspecified atom stereocenters. The van der Waals surface area contributed by atoms with E-state index in [2.05, 4.69) is 15.4 Å². The molecule has 1 N–H and O–H groups in total. The highest BCUT2D eigenvalue weighted by molar-refractivity contribution is 7.90. The van der Waals surface area contributed by atoms with Crippen molar-refractivity contribution in [3.63, 3.8) is 0 Å². The fourth-order valence-corrected chi connectivity index (χ4v) is 1.72. The second kappa shape index (κ2) is 2.78. The summed E-state index contributed by atoms with van der Waals surface area (Å²) in [4.78, 5) is 3.92. The maximum absolute atomic E-state index is 11.1. The van der Waals surface area contributed by atoms with Crippen LogP contribution in [0.4, 0.5) is 0 Å². The lowest BCUT2D eigenvalue weighted by molar-refractivity contribution is 0.465. The predicted molar refractivity (Wildman–Crippen MR) is 44.8 cm³/mol. The zero-order valence-electron chi connectivity index (χ0n) is 7.19. The Bertz CT molecular complexity index is 398. The Labute approximate surface area is 75.9 Å². The van der Waals surface area contributed by atoms with Crippen molar-refractivity contribution in [2.45, 2.75) is 18.2 Å².